The fourth-order valence-electron chi connectivity index (χ4n) is 0.583. The molecule has 1 amide bonds. The SMILES string of the molecule is C=C(C)COCCNC(=O)C(F)(F)F. The molecule has 0 fully saturated rings. The van der Waals surface area contributed by atoms with Gasteiger partial charge in [-0.05, 0) is 6.92 Å². The van der Waals surface area contributed by atoms with Gasteiger partial charge in [0.15, 0.2) is 0 Å². The summed E-state index contributed by atoms with van der Waals surface area (Å²) in [4.78, 5) is 10.3. The van der Waals surface area contributed by atoms with Crippen LogP contribution in [0, 0.1) is 0 Å². The molecule has 0 spiro atoms. The second-order valence-corrected chi connectivity index (χ2v) is 2.76. The molecule has 0 unspecified atom stereocenters. The Morgan fingerprint density at radius 1 is 1.50 bits per heavy atom. The lowest BCUT2D eigenvalue weighted by molar-refractivity contribution is -0.173. The van der Waals surface area contributed by atoms with E-state index >= 15 is 0 Å². The van der Waals surface area contributed by atoms with Crippen LogP contribution >= 0.6 is 0 Å². The number of rotatable bonds is 5. The molecule has 14 heavy (non-hydrogen) atoms. The van der Waals surface area contributed by atoms with E-state index < -0.39 is 12.1 Å². The number of carbonyl (C=O) groups excluding carboxylic acids is 1. The van der Waals surface area contributed by atoms with Crippen molar-refractivity contribution in [2.24, 2.45) is 0 Å². The number of hydrogen-bond donors (Lipinski definition) is 1. The predicted octanol–water partition coefficient (Wildman–Crippen LogP) is 1.26. The molecule has 0 heterocycles. The summed E-state index contributed by atoms with van der Waals surface area (Å²) in [5, 5.41) is 1.68. The Kier molecular flexibility index (Phi) is 5.22. The first-order valence-corrected chi connectivity index (χ1v) is 3.91. The van der Waals surface area contributed by atoms with Gasteiger partial charge in [0.2, 0.25) is 0 Å². The summed E-state index contributed by atoms with van der Waals surface area (Å²) in [7, 11) is 0. The third kappa shape index (κ3) is 6.47. The third-order valence-corrected chi connectivity index (χ3v) is 1.14. The van der Waals surface area contributed by atoms with Crippen LogP contribution in [-0.4, -0.2) is 31.8 Å². The highest BCUT2D eigenvalue weighted by molar-refractivity contribution is 5.81. The van der Waals surface area contributed by atoms with Gasteiger partial charge in [0.05, 0.1) is 13.2 Å². The Morgan fingerprint density at radius 3 is 2.50 bits per heavy atom. The number of halogens is 3. The minimum absolute atomic E-state index is 0.0364. The fourth-order valence-corrected chi connectivity index (χ4v) is 0.583. The van der Waals surface area contributed by atoms with Gasteiger partial charge in [0.25, 0.3) is 0 Å². The minimum Gasteiger partial charge on any atom is -0.375 e. The molecule has 3 nitrogen and oxygen atoms in total. The average Bonchev–Trinajstić information content (AvgIpc) is 2.01. The molecular weight excluding hydrogens is 199 g/mol. The zero-order chi connectivity index (χ0) is 11.2. The van der Waals surface area contributed by atoms with Crippen LogP contribution < -0.4 is 5.32 Å². The maximum absolute atomic E-state index is 11.6. The maximum atomic E-state index is 11.6. The second kappa shape index (κ2) is 5.64. The second-order valence-electron chi connectivity index (χ2n) is 2.76. The van der Waals surface area contributed by atoms with Crippen LogP contribution in [-0.2, 0) is 9.53 Å². The molecule has 0 atom stereocenters. The number of nitrogens with one attached hydrogen (secondary N) is 1. The van der Waals surface area contributed by atoms with Gasteiger partial charge in [-0.1, -0.05) is 12.2 Å². The van der Waals surface area contributed by atoms with Crippen molar-refractivity contribution >= 4 is 5.91 Å². The number of hydrogen-bond acceptors (Lipinski definition) is 2. The standard InChI is InChI=1S/C8H12F3NO2/c1-6(2)5-14-4-3-12-7(13)8(9,10)11/h1,3-5H2,2H3,(H,12,13). The Labute approximate surface area is 79.9 Å². The molecular formula is C8H12F3NO2. The molecule has 0 saturated carbocycles. The van der Waals surface area contributed by atoms with Crippen molar-refractivity contribution in [3.05, 3.63) is 12.2 Å². The molecule has 0 aliphatic heterocycles. The summed E-state index contributed by atoms with van der Waals surface area (Å²) in [6, 6.07) is 0. The van der Waals surface area contributed by atoms with E-state index in [1.54, 1.807) is 12.2 Å². The van der Waals surface area contributed by atoms with E-state index in [9.17, 15) is 18.0 Å². The van der Waals surface area contributed by atoms with Gasteiger partial charge in [-0.15, -0.1) is 0 Å². The zero-order valence-electron chi connectivity index (χ0n) is 7.78. The highest BCUT2D eigenvalue weighted by atomic mass is 19.4. The molecule has 0 aromatic heterocycles. The molecule has 6 heteroatoms. The van der Waals surface area contributed by atoms with Crippen molar-refractivity contribution in [1.82, 2.24) is 5.32 Å². The quantitative estimate of drug-likeness (QED) is 0.549. The fraction of sp³-hybridized carbons (Fsp3) is 0.625. The largest absolute Gasteiger partial charge is 0.471 e. The van der Waals surface area contributed by atoms with Crippen molar-refractivity contribution < 1.29 is 22.7 Å². The Bertz CT molecular complexity index is 213. The molecule has 0 aliphatic rings. The monoisotopic (exact) mass is 211 g/mol. The summed E-state index contributed by atoms with van der Waals surface area (Å²) in [5.74, 6) is -1.95. The van der Waals surface area contributed by atoms with Crippen LogP contribution in [0.2, 0.25) is 0 Å². The molecule has 0 saturated heterocycles. The van der Waals surface area contributed by atoms with Crippen molar-refractivity contribution in [3.63, 3.8) is 0 Å². The lowest BCUT2D eigenvalue weighted by Gasteiger charge is -2.07. The van der Waals surface area contributed by atoms with Crippen molar-refractivity contribution in [1.29, 1.82) is 0 Å². The number of alkyl halides is 3. The van der Waals surface area contributed by atoms with E-state index in [0.29, 0.717) is 0 Å². The molecule has 0 rings (SSSR count). The Balaban J connectivity index is 3.46. The highest BCUT2D eigenvalue weighted by Crippen LogP contribution is 2.13. The predicted molar refractivity (Wildman–Crippen MR) is 44.7 cm³/mol. The summed E-state index contributed by atoms with van der Waals surface area (Å²) in [6.07, 6.45) is -4.83. The number of amides is 1. The Morgan fingerprint density at radius 2 is 2.07 bits per heavy atom. The molecule has 0 bridgehead atoms. The maximum Gasteiger partial charge on any atom is 0.471 e. The molecule has 1 N–H and O–H groups in total. The van der Waals surface area contributed by atoms with Gasteiger partial charge in [-0.2, -0.15) is 13.2 Å². The highest BCUT2D eigenvalue weighted by Gasteiger charge is 2.38. The van der Waals surface area contributed by atoms with Crippen LogP contribution in [0.4, 0.5) is 13.2 Å². The van der Waals surface area contributed by atoms with Crippen LogP contribution in [0.15, 0.2) is 12.2 Å². The van der Waals surface area contributed by atoms with Crippen molar-refractivity contribution in [2.45, 2.75) is 13.1 Å². The first kappa shape index (κ1) is 13.0. The van der Waals surface area contributed by atoms with Crippen LogP contribution in [0.3, 0.4) is 0 Å². The molecule has 0 radical (unpaired) electrons. The first-order chi connectivity index (χ1) is 6.34. The minimum atomic E-state index is -4.83. The molecule has 0 aromatic carbocycles. The van der Waals surface area contributed by atoms with Gasteiger partial charge in [-0.3, -0.25) is 4.79 Å². The third-order valence-electron chi connectivity index (χ3n) is 1.14. The summed E-state index contributed by atoms with van der Waals surface area (Å²) < 4.78 is 39.7. The van der Waals surface area contributed by atoms with Gasteiger partial charge < -0.3 is 10.1 Å². The summed E-state index contributed by atoms with van der Waals surface area (Å²) in [6.45, 7) is 5.42. The number of ether oxygens (including phenoxy) is 1. The van der Waals surface area contributed by atoms with Crippen LogP contribution in [0.1, 0.15) is 6.92 Å². The summed E-state index contributed by atoms with van der Waals surface area (Å²) in [5.41, 5.74) is 0.771. The molecule has 0 aliphatic carbocycles. The van der Waals surface area contributed by atoms with Crippen molar-refractivity contribution in [3.8, 4) is 0 Å². The van der Waals surface area contributed by atoms with Crippen LogP contribution in [0.5, 0.6) is 0 Å². The normalized spacial score (nSPS) is 11.1. The number of carbonyl (C=O) groups is 1. The Hall–Kier alpha value is -1.04. The topological polar surface area (TPSA) is 38.3 Å². The molecule has 0 aromatic rings. The van der Waals surface area contributed by atoms with Crippen LogP contribution in [0.25, 0.3) is 0 Å². The van der Waals surface area contributed by atoms with E-state index in [4.69, 9.17) is 4.74 Å². The van der Waals surface area contributed by atoms with Gasteiger partial charge >= 0.3 is 12.1 Å². The van der Waals surface area contributed by atoms with E-state index in [1.807, 2.05) is 0 Å². The average molecular weight is 211 g/mol. The van der Waals surface area contributed by atoms with Crippen molar-refractivity contribution in [2.75, 3.05) is 19.8 Å². The van der Waals surface area contributed by atoms with Gasteiger partial charge in [0.1, 0.15) is 0 Å². The van der Waals surface area contributed by atoms with E-state index in [1.165, 1.54) is 0 Å². The van der Waals surface area contributed by atoms with E-state index in [-0.39, 0.29) is 19.8 Å². The lowest BCUT2D eigenvalue weighted by atomic mass is 10.4. The zero-order valence-corrected chi connectivity index (χ0v) is 7.78. The smallest absolute Gasteiger partial charge is 0.375 e. The van der Waals surface area contributed by atoms with E-state index in [0.717, 1.165) is 5.57 Å². The summed E-state index contributed by atoms with van der Waals surface area (Å²) >= 11 is 0. The van der Waals surface area contributed by atoms with Gasteiger partial charge in [-0.25, -0.2) is 0 Å². The molecule has 82 valence electrons. The van der Waals surface area contributed by atoms with Gasteiger partial charge in [0, 0.05) is 6.54 Å². The lowest BCUT2D eigenvalue weighted by Crippen LogP contribution is -2.38. The first-order valence-electron chi connectivity index (χ1n) is 3.91. The van der Waals surface area contributed by atoms with E-state index in [2.05, 4.69) is 6.58 Å².